The highest BCUT2D eigenvalue weighted by atomic mass is 35.5. The zero-order chi connectivity index (χ0) is 26.7. The van der Waals surface area contributed by atoms with Gasteiger partial charge in [-0.2, -0.15) is 15.1 Å². The maximum Gasteiger partial charge on any atom is 0.283 e. The minimum Gasteiger partial charge on any atom is -0.493 e. The van der Waals surface area contributed by atoms with Crippen LogP contribution in [0.1, 0.15) is 45.2 Å². The molecule has 0 aromatic heterocycles. The molecule has 8 nitrogen and oxygen atoms in total. The van der Waals surface area contributed by atoms with Gasteiger partial charge in [0, 0.05) is 0 Å². The van der Waals surface area contributed by atoms with Crippen molar-refractivity contribution in [2.75, 3.05) is 20.3 Å². The third-order valence-corrected chi connectivity index (χ3v) is 7.01. The summed E-state index contributed by atoms with van der Waals surface area (Å²) in [6.45, 7) is 9.03. The molecule has 194 valence electrons. The number of hydrogen-bond donors (Lipinski definition) is 1. The number of fused-ring (bicyclic) bond motifs is 1. The molecule has 0 saturated carbocycles. The summed E-state index contributed by atoms with van der Waals surface area (Å²) in [4.78, 5) is 16.7. The fourth-order valence-electron chi connectivity index (χ4n) is 3.66. The fraction of sp³-hybridized carbons (Fsp3) is 0.333. The van der Waals surface area contributed by atoms with Crippen LogP contribution in [-0.2, 0) is 10.2 Å². The van der Waals surface area contributed by atoms with Crippen molar-refractivity contribution in [2.24, 2.45) is 10.1 Å². The van der Waals surface area contributed by atoms with Gasteiger partial charge < -0.3 is 14.2 Å². The normalized spacial score (nSPS) is 16.5. The largest absolute Gasteiger partial charge is 0.493 e. The van der Waals surface area contributed by atoms with E-state index in [4.69, 9.17) is 31.2 Å². The molecule has 4 rings (SSSR count). The first-order valence-electron chi connectivity index (χ1n) is 11.8. The summed E-state index contributed by atoms with van der Waals surface area (Å²) in [5.74, 6) is 0.995. The Kier molecular flexibility index (Phi) is 7.94. The Morgan fingerprint density at radius 1 is 1.14 bits per heavy atom. The summed E-state index contributed by atoms with van der Waals surface area (Å²) >= 11 is 7.81. The highest BCUT2D eigenvalue weighted by Crippen LogP contribution is 2.38. The number of nitrogens with one attached hydrogen (secondary N) is 1. The summed E-state index contributed by atoms with van der Waals surface area (Å²) in [5.41, 5.74) is 2.00. The van der Waals surface area contributed by atoms with Crippen molar-refractivity contribution in [1.82, 2.24) is 5.01 Å². The van der Waals surface area contributed by atoms with Crippen LogP contribution in [0.4, 0.5) is 0 Å². The van der Waals surface area contributed by atoms with Crippen molar-refractivity contribution < 1.29 is 19.0 Å². The van der Waals surface area contributed by atoms with E-state index in [0.717, 1.165) is 10.8 Å². The number of rotatable bonds is 8. The first kappa shape index (κ1) is 26.8. The molecule has 2 aliphatic rings. The second-order valence-corrected chi connectivity index (χ2v) is 10.8. The minimum absolute atomic E-state index is 0.0333. The predicted molar refractivity (Wildman–Crippen MR) is 149 cm³/mol. The van der Waals surface area contributed by atoms with E-state index in [1.165, 1.54) is 29.4 Å². The van der Waals surface area contributed by atoms with Gasteiger partial charge in [0.2, 0.25) is 5.17 Å². The van der Waals surface area contributed by atoms with Crippen LogP contribution in [-0.4, -0.2) is 47.3 Å². The molecule has 0 unspecified atom stereocenters. The molecule has 2 aromatic carbocycles. The van der Waals surface area contributed by atoms with Crippen molar-refractivity contribution >= 4 is 51.4 Å². The summed E-state index contributed by atoms with van der Waals surface area (Å²) in [7, 11) is 1.51. The summed E-state index contributed by atoms with van der Waals surface area (Å²) in [6, 6.07) is 11.4. The number of amides is 1. The molecule has 0 spiro atoms. The number of amidine groups is 2. The molecule has 0 bridgehead atoms. The number of methoxy groups -OCH3 is 1. The quantitative estimate of drug-likeness (QED) is 0.319. The maximum atomic E-state index is 12.6. The van der Waals surface area contributed by atoms with Gasteiger partial charge in [-0.1, -0.05) is 51.4 Å². The van der Waals surface area contributed by atoms with E-state index in [9.17, 15) is 4.79 Å². The second-order valence-electron chi connectivity index (χ2n) is 9.37. The lowest BCUT2D eigenvalue weighted by Crippen LogP contribution is -2.35. The Bertz CT molecular complexity index is 1310. The van der Waals surface area contributed by atoms with Gasteiger partial charge in [0.1, 0.15) is 24.0 Å². The summed E-state index contributed by atoms with van der Waals surface area (Å²) in [6.07, 6.45) is 2.25. The van der Waals surface area contributed by atoms with Gasteiger partial charge >= 0.3 is 0 Å². The Hall–Kier alpha value is -3.30. The van der Waals surface area contributed by atoms with Crippen LogP contribution in [0.15, 0.2) is 52.1 Å². The van der Waals surface area contributed by atoms with Gasteiger partial charge in [0.05, 0.1) is 17.7 Å². The zero-order valence-electron chi connectivity index (χ0n) is 21.4. The molecule has 2 aliphatic heterocycles. The molecular weight excluding hydrogens is 512 g/mol. The van der Waals surface area contributed by atoms with E-state index in [0.29, 0.717) is 40.3 Å². The van der Waals surface area contributed by atoms with E-state index in [1.54, 1.807) is 18.2 Å². The van der Waals surface area contributed by atoms with Crippen molar-refractivity contribution in [1.29, 1.82) is 5.41 Å². The SMILES string of the molecule is CCC1=NN2C(=N)C(=Cc3cc(Cl)c(OCCOc4ccc(C(C)(C)C)cc4)c(OC)c3)C(=O)N=C2S1. The van der Waals surface area contributed by atoms with Crippen LogP contribution in [0.2, 0.25) is 5.02 Å². The minimum atomic E-state index is -0.501. The van der Waals surface area contributed by atoms with Gasteiger partial charge in [0.25, 0.3) is 5.91 Å². The van der Waals surface area contributed by atoms with Crippen molar-refractivity contribution in [3.05, 3.63) is 58.1 Å². The summed E-state index contributed by atoms with van der Waals surface area (Å²) < 4.78 is 17.1. The zero-order valence-corrected chi connectivity index (χ0v) is 23.0. The molecule has 1 N–H and O–H groups in total. The van der Waals surface area contributed by atoms with Crippen molar-refractivity contribution in [3.63, 3.8) is 0 Å². The molecule has 10 heteroatoms. The topological polar surface area (TPSA) is 96.6 Å². The fourth-order valence-corrected chi connectivity index (χ4v) is 4.76. The van der Waals surface area contributed by atoms with Crippen LogP contribution < -0.4 is 14.2 Å². The van der Waals surface area contributed by atoms with E-state index in [2.05, 4.69) is 43.0 Å². The van der Waals surface area contributed by atoms with Crippen LogP contribution in [0.5, 0.6) is 17.2 Å². The number of aliphatic imine (C=N–C) groups is 1. The van der Waals surface area contributed by atoms with E-state index >= 15 is 0 Å². The smallest absolute Gasteiger partial charge is 0.283 e. The number of hydrogen-bond acceptors (Lipinski definition) is 7. The molecule has 1 amide bonds. The highest BCUT2D eigenvalue weighted by Gasteiger charge is 2.35. The number of carbonyl (C=O) groups is 1. The lowest BCUT2D eigenvalue weighted by atomic mass is 9.87. The molecule has 0 radical (unpaired) electrons. The second kappa shape index (κ2) is 11.0. The van der Waals surface area contributed by atoms with Gasteiger partial charge in [-0.15, -0.1) is 0 Å². The van der Waals surface area contributed by atoms with Crippen molar-refractivity contribution in [2.45, 2.75) is 39.5 Å². The van der Waals surface area contributed by atoms with Gasteiger partial charge in [-0.05, 0) is 65.1 Å². The Balaban J connectivity index is 1.44. The molecule has 0 fully saturated rings. The monoisotopic (exact) mass is 540 g/mol. The van der Waals surface area contributed by atoms with E-state index in [1.807, 2.05) is 19.1 Å². The van der Waals surface area contributed by atoms with Crippen LogP contribution in [0.3, 0.4) is 0 Å². The van der Waals surface area contributed by atoms with Gasteiger partial charge in [-0.25, -0.2) is 0 Å². The average Bonchev–Trinajstić information content (AvgIpc) is 3.28. The lowest BCUT2D eigenvalue weighted by molar-refractivity contribution is -0.114. The van der Waals surface area contributed by atoms with Crippen LogP contribution >= 0.6 is 23.4 Å². The third kappa shape index (κ3) is 5.99. The molecule has 0 atom stereocenters. The molecule has 0 saturated heterocycles. The number of halogens is 1. The molecule has 37 heavy (non-hydrogen) atoms. The van der Waals surface area contributed by atoms with Crippen LogP contribution in [0.25, 0.3) is 6.08 Å². The molecular formula is C27H29ClN4O4S. The first-order valence-corrected chi connectivity index (χ1v) is 13.0. The Morgan fingerprint density at radius 2 is 1.84 bits per heavy atom. The number of benzene rings is 2. The highest BCUT2D eigenvalue weighted by molar-refractivity contribution is 8.26. The number of ether oxygens (including phenoxy) is 3. The number of nitrogens with zero attached hydrogens (tertiary/aromatic N) is 3. The van der Waals surface area contributed by atoms with Crippen LogP contribution in [0, 0.1) is 5.41 Å². The Labute approximate surface area is 225 Å². The van der Waals surface area contributed by atoms with Crippen molar-refractivity contribution in [3.8, 4) is 17.2 Å². The molecule has 2 aromatic rings. The predicted octanol–water partition coefficient (Wildman–Crippen LogP) is 6.13. The lowest BCUT2D eigenvalue weighted by Gasteiger charge is -2.20. The average molecular weight is 541 g/mol. The molecule has 0 aliphatic carbocycles. The third-order valence-electron chi connectivity index (χ3n) is 5.68. The Morgan fingerprint density at radius 3 is 2.49 bits per heavy atom. The number of thioether (sulfide) groups is 1. The molecule has 2 heterocycles. The van der Waals surface area contributed by atoms with Gasteiger partial charge in [-0.3, -0.25) is 10.2 Å². The van der Waals surface area contributed by atoms with E-state index < -0.39 is 5.91 Å². The summed E-state index contributed by atoms with van der Waals surface area (Å²) in [5, 5.41) is 15.7. The first-order chi connectivity index (χ1) is 17.6. The number of hydrazone groups is 1. The number of carbonyl (C=O) groups excluding carboxylic acids is 1. The van der Waals surface area contributed by atoms with Gasteiger partial charge in [0.15, 0.2) is 17.3 Å². The maximum absolute atomic E-state index is 12.6. The standard InChI is InChI=1S/C27H29ClN4O4S/c1-6-22-31-32-24(29)19(25(33)30-26(32)37-22)13-16-14-20(28)23(21(15-16)34-5)36-12-11-35-18-9-7-17(8-10-18)27(2,3)4/h7-10,13-15,29H,6,11-12H2,1-5H3. The van der Waals surface area contributed by atoms with E-state index in [-0.39, 0.29) is 23.4 Å².